The van der Waals surface area contributed by atoms with Gasteiger partial charge in [-0.05, 0) is 83.1 Å². The number of amides is 7. The fraction of sp³-hybridized carbons (Fsp3) is 0.737. The van der Waals surface area contributed by atoms with Gasteiger partial charge in [0, 0.05) is 13.1 Å². The average molecular weight is 869 g/mol. The molecule has 7 atom stereocenters. The smallest absolute Gasteiger partial charge is 0.326 e. The summed E-state index contributed by atoms with van der Waals surface area (Å²) in [5.41, 5.74) is 22.2. The third-order valence-electron chi connectivity index (χ3n) is 9.57. The molecular weight excluding hydrogens is 800 g/mol. The lowest BCUT2D eigenvalue weighted by molar-refractivity contribution is -0.143. The van der Waals surface area contributed by atoms with Crippen LogP contribution in [0.2, 0.25) is 0 Å². The number of unbranched alkanes of at least 4 members (excludes halogenated alkanes) is 1. The minimum Gasteiger partial charge on any atom is -0.481 e. The Labute approximate surface area is 356 Å². The first-order valence-corrected chi connectivity index (χ1v) is 20.6. The minimum absolute atomic E-state index is 0.0352. The van der Waals surface area contributed by atoms with Crippen LogP contribution >= 0.6 is 0 Å². The number of aliphatic imine (C=N–C) groups is 1. The van der Waals surface area contributed by atoms with Gasteiger partial charge >= 0.3 is 11.9 Å². The molecule has 23 heteroatoms. The Kier molecular flexibility index (Phi) is 23.9. The molecule has 0 bridgehead atoms. The maximum Gasteiger partial charge on any atom is 0.326 e. The third kappa shape index (κ3) is 20.5. The number of nitrogens with zero attached hydrogens (tertiary/aromatic N) is 2. The predicted molar refractivity (Wildman–Crippen MR) is 223 cm³/mol. The van der Waals surface area contributed by atoms with E-state index in [1.54, 1.807) is 27.7 Å². The number of likely N-dealkylation sites (tertiary alicyclic amines) is 1. The summed E-state index contributed by atoms with van der Waals surface area (Å²) < 4.78 is 0. The maximum absolute atomic E-state index is 13.7. The summed E-state index contributed by atoms with van der Waals surface area (Å²) in [5, 5.41) is 33.7. The van der Waals surface area contributed by atoms with Crippen LogP contribution in [0.4, 0.5) is 0 Å². The van der Waals surface area contributed by atoms with E-state index in [0.717, 1.165) is 0 Å². The van der Waals surface area contributed by atoms with E-state index in [-0.39, 0.29) is 50.0 Å². The van der Waals surface area contributed by atoms with E-state index in [4.69, 9.17) is 22.9 Å². The Morgan fingerprint density at radius 2 is 1.28 bits per heavy atom. The Morgan fingerprint density at radius 3 is 1.82 bits per heavy atom. The molecule has 1 rings (SSSR count). The largest absolute Gasteiger partial charge is 0.481 e. The highest BCUT2D eigenvalue weighted by atomic mass is 16.4. The van der Waals surface area contributed by atoms with Crippen LogP contribution in [0.15, 0.2) is 4.99 Å². The van der Waals surface area contributed by atoms with Crippen LogP contribution in [0.3, 0.4) is 0 Å². The van der Waals surface area contributed by atoms with Crippen LogP contribution in [0.1, 0.15) is 98.8 Å². The minimum atomic E-state index is -1.71. The number of carboxylic acid groups (broad SMARTS) is 2. The fourth-order valence-corrected chi connectivity index (χ4v) is 6.45. The number of carboxylic acids is 2. The molecule has 0 aliphatic carbocycles. The number of rotatable bonds is 28. The van der Waals surface area contributed by atoms with E-state index in [1.807, 2.05) is 0 Å². The van der Waals surface area contributed by atoms with Gasteiger partial charge in [0.05, 0.1) is 19.0 Å². The number of nitrogens with two attached hydrogens (primary N) is 4. The van der Waals surface area contributed by atoms with Crippen molar-refractivity contribution in [2.45, 2.75) is 141 Å². The van der Waals surface area contributed by atoms with Crippen LogP contribution in [-0.4, -0.2) is 143 Å². The highest BCUT2D eigenvalue weighted by Gasteiger charge is 2.37. The second-order valence-corrected chi connectivity index (χ2v) is 16.0. The lowest BCUT2D eigenvalue weighted by Crippen LogP contribution is -2.59. The van der Waals surface area contributed by atoms with Gasteiger partial charge in [-0.3, -0.25) is 43.3 Å². The van der Waals surface area contributed by atoms with Crippen LogP contribution in [-0.2, 0) is 43.2 Å². The van der Waals surface area contributed by atoms with E-state index in [0.29, 0.717) is 45.2 Å². The van der Waals surface area contributed by atoms with Crippen molar-refractivity contribution in [2.24, 2.45) is 39.8 Å². The molecule has 0 saturated carbocycles. The van der Waals surface area contributed by atoms with Crippen molar-refractivity contribution in [1.82, 2.24) is 36.8 Å². The van der Waals surface area contributed by atoms with Crippen molar-refractivity contribution in [3.05, 3.63) is 0 Å². The molecule has 16 N–H and O–H groups in total. The van der Waals surface area contributed by atoms with Crippen LogP contribution in [0.5, 0.6) is 0 Å². The number of hydrogen-bond donors (Lipinski definition) is 12. The summed E-state index contributed by atoms with van der Waals surface area (Å²) >= 11 is 0. The third-order valence-corrected chi connectivity index (χ3v) is 9.57. The first kappa shape index (κ1) is 53.4. The van der Waals surface area contributed by atoms with Gasteiger partial charge < -0.3 is 69.9 Å². The second kappa shape index (κ2) is 27.3. The van der Waals surface area contributed by atoms with Crippen LogP contribution in [0.25, 0.3) is 0 Å². The fourth-order valence-electron chi connectivity index (χ4n) is 6.45. The summed E-state index contributed by atoms with van der Waals surface area (Å²) in [6.45, 7) is 8.74. The quantitative estimate of drug-likeness (QED) is 0.0208. The number of aliphatic carboxylic acids is 2. The van der Waals surface area contributed by atoms with Gasteiger partial charge in [-0.25, -0.2) is 4.79 Å². The maximum atomic E-state index is 13.7. The predicted octanol–water partition coefficient (Wildman–Crippen LogP) is -3.30. The summed E-state index contributed by atoms with van der Waals surface area (Å²) in [5.74, 6) is -8.50. The molecular formula is C38H68N12O11. The Morgan fingerprint density at radius 1 is 0.721 bits per heavy atom. The monoisotopic (exact) mass is 869 g/mol. The molecule has 23 nitrogen and oxygen atoms in total. The van der Waals surface area contributed by atoms with E-state index in [9.17, 15) is 53.4 Å². The molecule has 1 fully saturated rings. The molecule has 61 heavy (non-hydrogen) atoms. The SMILES string of the molecule is CC(C)C[C@H](NC(=O)CNC(=O)[C@@H]1CCCN1C(=O)[C@@H](N)CCCN=C(N)N)C(=O)N[C@@H](CC(C)C)C(=O)N[C@@H](CC(=O)O)C(=O)N[C@@H](C)C(=O)N[C@@H](CCCCN)C(=O)O. The Hall–Kier alpha value is -5.58. The first-order chi connectivity index (χ1) is 28.6. The summed E-state index contributed by atoms with van der Waals surface area (Å²) in [6.07, 6.45) is 1.92. The van der Waals surface area contributed by atoms with Gasteiger partial charge in [-0.15, -0.1) is 0 Å². The Bertz CT molecular complexity index is 1560. The molecule has 0 unspecified atom stereocenters. The summed E-state index contributed by atoms with van der Waals surface area (Å²) in [6, 6.07) is -8.54. The lowest BCUT2D eigenvalue weighted by atomic mass is 9.99. The van der Waals surface area contributed by atoms with Crippen molar-refractivity contribution >= 4 is 59.2 Å². The first-order valence-electron chi connectivity index (χ1n) is 20.6. The summed E-state index contributed by atoms with van der Waals surface area (Å²) in [4.78, 5) is 121. The molecule has 1 saturated heterocycles. The van der Waals surface area contributed by atoms with Crippen LogP contribution in [0, 0.1) is 11.8 Å². The zero-order valence-electron chi connectivity index (χ0n) is 35.9. The molecule has 1 heterocycles. The van der Waals surface area contributed by atoms with Crippen molar-refractivity contribution in [2.75, 3.05) is 26.2 Å². The van der Waals surface area contributed by atoms with Crippen molar-refractivity contribution in [3.63, 3.8) is 0 Å². The van der Waals surface area contributed by atoms with Gasteiger partial charge in [-0.1, -0.05) is 27.7 Å². The highest BCUT2D eigenvalue weighted by molar-refractivity contribution is 5.98. The standard InChI is InChI=1S/C38H68N12O11/c1-20(2)16-25(46-29(51)19-44-35(58)28-12-9-15-50(28)36(59)23(40)10-8-14-43-38(41)42)33(56)48-26(17-21(3)4)34(57)49-27(18-30(52)53)32(55)45-22(5)31(54)47-24(37(60)61)11-6-7-13-39/h20-28H,6-19,39-40H2,1-5H3,(H,44,58)(H,45,55)(H,46,51)(H,47,54)(H,48,56)(H,49,57)(H,52,53)(H,60,61)(H4,41,42,43)/t22-,23-,24-,25-,26-,27-,28-/m0/s1. The van der Waals surface area contributed by atoms with Gasteiger partial charge in [0.25, 0.3) is 0 Å². The number of nitrogens with one attached hydrogen (secondary N) is 6. The molecule has 0 radical (unpaired) electrons. The molecule has 1 aliphatic rings. The van der Waals surface area contributed by atoms with E-state index in [1.165, 1.54) is 11.8 Å². The average Bonchev–Trinajstić information content (AvgIpc) is 3.66. The van der Waals surface area contributed by atoms with Crippen molar-refractivity contribution < 1.29 is 53.4 Å². The zero-order valence-corrected chi connectivity index (χ0v) is 35.9. The molecule has 346 valence electrons. The van der Waals surface area contributed by atoms with Gasteiger partial charge in [-0.2, -0.15) is 0 Å². The number of carbonyl (C=O) groups is 9. The molecule has 0 aromatic rings. The van der Waals surface area contributed by atoms with Gasteiger partial charge in [0.15, 0.2) is 5.96 Å². The molecule has 0 aromatic heterocycles. The topological polar surface area (TPSA) is 386 Å². The van der Waals surface area contributed by atoms with Gasteiger partial charge in [0.2, 0.25) is 41.4 Å². The van der Waals surface area contributed by atoms with E-state index >= 15 is 0 Å². The van der Waals surface area contributed by atoms with E-state index in [2.05, 4.69) is 36.9 Å². The molecule has 0 spiro atoms. The van der Waals surface area contributed by atoms with Crippen molar-refractivity contribution in [1.29, 1.82) is 0 Å². The highest BCUT2D eigenvalue weighted by Crippen LogP contribution is 2.19. The Balaban J connectivity index is 3.01. The number of guanidine groups is 1. The summed E-state index contributed by atoms with van der Waals surface area (Å²) in [7, 11) is 0. The zero-order chi connectivity index (χ0) is 46.4. The molecule has 7 amide bonds. The second-order valence-electron chi connectivity index (χ2n) is 16.0. The van der Waals surface area contributed by atoms with E-state index < -0.39 is 109 Å². The lowest BCUT2D eigenvalue weighted by Gasteiger charge is -2.27. The number of hydrogen-bond acceptors (Lipinski definition) is 12. The molecule has 1 aliphatic heterocycles. The number of carbonyl (C=O) groups excluding carboxylic acids is 7. The normalized spacial score (nSPS) is 16.5. The van der Waals surface area contributed by atoms with Crippen molar-refractivity contribution in [3.8, 4) is 0 Å². The molecule has 0 aromatic carbocycles. The van der Waals surface area contributed by atoms with Gasteiger partial charge in [0.1, 0.15) is 36.3 Å². The van der Waals surface area contributed by atoms with Crippen LogP contribution < -0.4 is 54.8 Å².